The molecule has 0 radical (unpaired) electrons. The Morgan fingerprint density at radius 2 is 2.06 bits per heavy atom. The second-order valence-electron chi connectivity index (χ2n) is 3.82. The Hall–Kier alpha value is -1.32. The summed E-state index contributed by atoms with van der Waals surface area (Å²) in [5.41, 5.74) is 2.16. The Balaban J connectivity index is 2.12. The van der Waals surface area contributed by atoms with Crippen LogP contribution in [0.25, 0.3) is 11.0 Å². The zero-order valence-electron chi connectivity index (χ0n) is 9.14. The first kappa shape index (κ1) is 10.8. The number of imidazole rings is 1. The Bertz CT molecular complexity index is 628. The first-order valence-corrected chi connectivity index (χ1v) is 6.82. The van der Waals surface area contributed by atoms with Crippen LogP contribution < -0.4 is 0 Å². The Labute approximate surface area is 108 Å². The highest BCUT2D eigenvalue weighted by atomic mass is 35.5. The molecule has 0 amide bonds. The van der Waals surface area contributed by atoms with Gasteiger partial charge in [-0.2, -0.15) is 0 Å². The summed E-state index contributed by atoms with van der Waals surface area (Å²) in [6.07, 6.45) is 0. The first-order chi connectivity index (χ1) is 8.38. The van der Waals surface area contributed by atoms with Crippen LogP contribution in [0.1, 0.15) is 10.7 Å². The number of alkyl halides is 1. The normalized spacial score (nSPS) is 11.1. The molecule has 2 nitrogen and oxygen atoms in total. The molecule has 0 unspecified atom stereocenters. The molecule has 2 heterocycles. The maximum atomic E-state index is 5.96. The Morgan fingerprint density at radius 1 is 1.18 bits per heavy atom. The van der Waals surface area contributed by atoms with Crippen LogP contribution in [0.2, 0.25) is 0 Å². The maximum Gasteiger partial charge on any atom is 0.125 e. The average molecular weight is 263 g/mol. The third-order valence-electron chi connectivity index (χ3n) is 2.75. The minimum absolute atomic E-state index is 0.444. The molecule has 0 fully saturated rings. The summed E-state index contributed by atoms with van der Waals surface area (Å²) in [6.45, 7) is 0.847. The summed E-state index contributed by atoms with van der Waals surface area (Å²) in [5.74, 6) is 1.38. The van der Waals surface area contributed by atoms with Crippen LogP contribution in [0.5, 0.6) is 0 Å². The molecule has 2 aromatic heterocycles. The number of para-hydroxylation sites is 2. The number of hydrogen-bond acceptors (Lipinski definition) is 2. The molecular weight excluding hydrogens is 252 g/mol. The van der Waals surface area contributed by atoms with Gasteiger partial charge in [-0.05, 0) is 23.6 Å². The van der Waals surface area contributed by atoms with E-state index in [4.69, 9.17) is 11.6 Å². The lowest BCUT2D eigenvalue weighted by molar-refractivity contribution is 0.789. The van der Waals surface area contributed by atoms with Gasteiger partial charge in [0, 0.05) is 4.88 Å². The van der Waals surface area contributed by atoms with Gasteiger partial charge < -0.3 is 4.57 Å². The molecule has 3 aromatic rings. The van der Waals surface area contributed by atoms with Crippen LogP contribution in [0, 0.1) is 0 Å². The standard InChI is InChI=1S/C13H11ClN2S/c14-8-13-15-11-5-1-2-6-12(11)16(13)9-10-4-3-7-17-10/h1-7H,8-9H2. The maximum absolute atomic E-state index is 5.96. The summed E-state index contributed by atoms with van der Waals surface area (Å²) in [4.78, 5) is 5.87. The number of thiophene rings is 1. The predicted octanol–water partition coefficient (Wildman–Crippen LogP) is 3.88. The second-order valence-corrected chi connectivity index (χ2v) is 5.12. The topological polar surface area (TPSA) is 17.8 Å². The Kier molecular flexibility index (Phi) is 2.87. The number of rotatable bonds is 3. The van der Waals surface area contributed by atoms with Gasteiger partial charge in [-0.25, -0.2) is 4.98 Å². The molecule has 3 rings (SSSR count). The highest BCUT2D eigenvalue weighted by Gasteiger charge is 2.09. The third kappa shape index (κ3) is 1.96. The second kappa shape index (κ2) is 4.51. The van der Waals surface area contributed by atoms with Crippen molar-refractivity contribution in [2.24, 2.45) is 0 Å². The molecule has 0 atom stereocenters. The molecule has 0 saturated heterocycles. The van der Waals surface area contributed by atoms with Crippen molar-refractivity contribution < 1.29 is 0 Å². The van der Waals surface area contributed by atoms with Crippen molar-refractivity contribution in [2.45, 2.75) is 12.4 Å². The zero-order valence-corrected chi connectivity index (χ0v) is 10.7. The quantitative estimate of drug-likeness (QED) is 0.655. The number of fused-ring (bicyclic) bond motifs is 1. The molecule has 0 spiro atoms. The van der Waals surface area contributed by atoms with Gasteiger partial charge in [-0.15, -0.1) is 22.9 Å². The smallest absolute Gasteiger partial charge is 0.125 e. The van der Waals surface area contributed by atoms with Crippen molar-refractivity contribution in [3.05, 3.63) is 52.5 Å². The van der Waals surface area contributed by atoms with Crippen LogP contribution in [-0.4, -0.2) is 9.55 Å². The van der Waals surface area contributed by atoms with Crippen molar-refractivity contribution in [3.63, 3.8) is 0 Å². The van der Waals surface area contributed by atoms with Gasteiger partial charge in [-0.1, -0.05) is 18.2 Å². The lowest BCUT2D eigenvalue weighted by Gasteiger charge is -2.05. The van der Waals surface area contributed by atoms with Gasteiger partial charge >= 0.3 is 0 Å². The highest BCUT2D eigenvalue weighted by Crippen LogP contribution is 2.20. The van der Waals surface area contributed by atoms with Crippen molar-refractivity contribution in [1.29, 1.82) is 0 Å². The van der Waals surface area contributed by atoms with Crippen LogP contribution >= 0.6 is 22.9 Å². The van der Waals surface area contributed by atoms with E-state index in [1.807, 2.05) is 18.2 Å². The number of aromatic nitrogens is 2. The molecule has 1 aromatic carbocycles. The fourth-order valence-electron chi connectivity index (χ4n) is 1.96. The first-order valence-electron chi connectivity index (χ1n) is 5.41. The fraction of sp³-hybridized carbons (Fsp3) is 0.154. The molecule has 0 aliphatic rings. The molecule has 0 aliphatic heterocycles. The lowest BCUT2D eigenvalue weighted by Crippen LogP contribution is -2.02. The van der Waals surface area contributed by atoms with Crippen molar-refractivity contribution in [2.75, 3.05) is 0 Å². The van der Waals surface area contributed by atoms with Crippen molar-refractivity contribution in [1.82, 2.24) is 9.55 Å². The molecular formula is C13H11ClN2S. The fourth-order valence-corrected chi connectivity index (χ4v) is 2.86. The van der Waals surface area contributed by atoms with Gasteiger partial charge in [0.1, 0.15) is 5.82 Å². The zero-order chi connectivity index (χ0) is 11.7. The lowest BCUT2D eigenvalue weighted by atomic mass is 10.3. The largest absolute Gasteiger partial charge is 0.322 e. The molecule has 17 heavy (non-hydrogen) atoms. The van der Waals surface area contributed by atoms with Crippen LogP contribution in [0.3, 0.4) is 0 Å². The van der Waals surface area contributed by atoms with Crippen LogP contribution in [0.15, 0.2) is 41.8 Å². The third-order valence-corrected chi connectivity index (χ3v) is 3.85. The molecule has 0 N–H and O–H groups in total. The van der Waals surface area contributed by atoms with Gasteiger partial charge in [0.05, 0.1) is 23.5 Å². The summed E-state index contributed by atoms with van der Waals surface area (Å²) < 4.78 is 2.19. The summed E-state index contributed by atoms with van der Waals surface area (Å²) >= 11 is 7.72. The predicted molar refractivity (Wildman–Crippen MR) is 72.7 cm³/mol. The minimum Gasteiger partial charge on any atom is -0.322 e. The van der Waals surface area contributed by atoms with Gasteiger partial charge in [0.2, 0.25) is 0 Å². The number of hydrogen-bond donors (Lipinski definition) is 0. The summed E-state index contributed by atoms with van der Waals surface area (Å²) in [7, 11) is 0. The van der Waals surface area contributed by atoms with E-state index in [0.717, 1.165) is 23.4 Å². The molecule has 0 saturated carbocycles. The highest BCUT2D eigenvalue weighted by molar-refractivity contribution is 7.09. The van der Waals surface area contributed by atoms with E-state index >= 15 is 0 Å². The van der Waals surface area contributed by atoms with E-state index < -0.39 is 0 Å². The molecule has 0 aliphatic carbocycles. The van der Waals surface area contributed by atoms with Crippen molar-refractivity contribution in [3.8, 4) is 0 Å². The number of halogens is 1. The van der Waals surface area contributed by atoms with E-state index in [2.05, 4.69) is 33.1 Å². The number of nitrogens with zero attached hydrogens (tertiary/aromatic N) is 2. The van der Waals surface area contributed by atoms with E-state index in [0.29, 0.717) is 5.88 Å². The minimum atomic E-state index is 0.444. The van der Waals surface area contributed by atoms with Crippen LogP contribution in [-0.2, 0) is 12.4 Å². The monoisotopic (exact) mass is 262 g/mol. The Morgan fingerprint density at radius 3 is 2.82 bits per heavy atom. The van der Waals surface area contributed by atoms with Gasteiger partial charge in [0.15, 0.2) is 0 Å². The van der Waals surface area contributed by atoms with Gasteiger partial charge in [0.25, 0.3) is 0 Å². The molecule has 0 bridgehead atoms. The van der Waals surface area contributed by atoms with E-state index in [-0.39, 0.29) is 0 Å². The van der Waals surface area contributed by atoms with Gasteiger partial charge in [-0.3, -0.25) is 0 Å². The van der Waals surface area contributed by atoms with Crippen molar-refractivity contribution >= 4 is 34.0 Å². The van der Waals surface area contributed by atoms with E-state index in [9.17, 15) is 0 Å². The molecule has 86 valence electrons. The molecule has 4 heteroatoms. The summed E-state index contributed by atoms with van der Waals surface area (Å²) in [5, 5.41) is 2.09. The summed E-state index contributed by atoms with van der Waals surface area (Å²) in [6, 6.07) is 12.4. The number of benzene rings is 1. The average Bonchev–Trinajstić information content (AvgIpc) is 2.98. The van der Waals surface area contributed by atoms with E-state index in [1.54, 1.807) is 11.3 Å². The van der Waals surface area contributed by atoms with E-state index in [1.165, 1.54) is 4.88 Å². The SMILES string of the molecule is ClCc1nc2ccccc2n1Cc1cccs1. The van der Waals surface area contributed by atoms with Crippen LogP contribution in [0.4, 0.5) is 0 Å².